The van der Waals surface area contributed by atoms with Gasteiger partial charge in [0.2, 0.25) is 0 Å². The molecule has 15 heavy (non-hydrogen) atoms. The van der Waals surface area contributed by atoms with E-state index < -0.39 is 0 Å². The summed E-state index contributed by atoms with van der Waals surface area (Å²) in [5.74, 6) is 6.07. The Morgan fingerprint density at radius 1 is 1.33 bits per heavy atom. The van der Waals surface area contributed by atoms with Crippen LogP contribution in [0.15, 0.2) is 22.7 Å². The Morgan fingerprint density at radius 2 is 2.07 bits per heavy atom. The van der Waals surface area contributed by atoms with E-state index in [2.05, 4.69) is 39.3 Å². The number of aryl methyl sites for hydroxylation is 2. The number of nitrogen functional groups attached to an aromatic ring is 1. The molecule has 2 aromatic rings. The van der Waals surface area contributed by atoms with Crippen molar-refractivity contribution in [2.24, 2.45) is 5.84 Å². The molecule has 0 radical (unpaired) electrons. The number of hydrazine groups is 1. The van der Waals surface area contributed by atoms with Crippen LogP contribution in [0.25, 0.3) is 10.9 Å². The van der Waals surface area contributed by atoms with Crippen molar-refractivity contribution < 1.29 is 0 Å². The normalized spacial score (nSPS) is 10.7. The summed E-state index contributed by atoms with van der Waals surface area (Å²) in [6.07, 6.45) is 0. The summed E-state index contributed by atoms with van der Waals surface area (Å²) in [6, 6.07) is 6.05. The molecular formula is C11H12BrN3. The lowest BCUT2D eigenvalue weighted by Gasteiger charge is -2.08. The maximum absolute atomic E-state index is 5.37. The van der Waals surface area contributed by atoms with Gasteiger partial charge in [-0.2, -0.15) is 0 Å². The monoisotopic (exact) mass is 265 g/mol. The molecule has 78 valence electrons. The number of halogens is 1. The summed E-state index contributed by atoms with van der Waals surface area (Å²) < 4.78 is 1.07. The number of nitrogens with one attached hydrogen (secondary N) is 1. The Kier molecular flexibility index (Phi) is 2.63. The summed E-state index contributed by atoms with van der Waals surface area (Å²) in [6.45, 7) is 4.09. The van der Waals surface area contributed by atoms with Gasteiger partial charge in [0.1, 0.15) is 5.82 Å². The van der Waals surface area contributed by atoms with Crippen LogP contribution in [0.1, 0.15) is 11.1 Å². The molecular weight excluding hydrogens is 254 g/mol. The summed E-state index contributed by atoms with van der Waals surface area (Å²) >= 11 is 3.50. The molecule has 0 fully saturated rings. The molecule has 0 aliphatic carbocycles. The van der Waals surface area contributed by atoms with Gasteiger partial charge in [0, 0.05) is 9.86 Å². The number of aromatic nitrogens is 1. The van der Waals surface area contributed by atoms with Crippen molar-refractivity contribution in [3.8, 4) is 0 Å². The van der Waals surface area contributed by atoms with Crippen molar-refractivity contribution in [2.45, 2.75) is 13.8 Å². The van der Waals surface area contributed by atoms with Gasteiger partial charge in [-0.05, 0) is 37.1 Å². The Hall–Kier alpha value is -1.13. The van der Waals surface area contributed by atoms with Crippen LogP contribution in [0.2, 0.25) is 0 Å². The first kappa shape index (κ1) is 10.4. The number of pyridine rings is 1. The zero-order valence-electron chi connectivity index (χ0n) is 8.63. The van der Waals surface area contributed by atoms with E-state index in [0.717, 1.165) is 20.9 Å². The standard InChI is InChI=1S/C11H12BrN3/c1-6-5-10(15-13)14-11-7(2)9(12)4-3-8(6)11/h3-5H,13H2,1-2H3,(H,14,15). The molecule has 3 nitrogen and oxygen atoms in total. The first-order chi connectivity index (χ1) is 7.13. The quantitative estimate of drug-likeness (QED) is 0.616. The summed E-state index contributed by atoms with van der Waals surface area (Å²) in [5.41, 5.74) is 5.87. The van der Waals surface area contributed by atoms with Gasteiger partial charge in [-0.25, -0.2) is 10.8 Å². The number of hydrogen-bond acceptors (Lipinski definition) is 3. The second kappa shape index (κ2) is 3.79. The molecule has 0 aliphatic heterocycles. The highest BCUT2D eigenvalue weighted by molar-refractivity contribution is 9.10. The maximum atomic E-state index is 5.37. The Labute approximate surface area is 96.8 Å². The number of nitrogens with zero attached hydrogens (tertiary/aromatic N) is 1. The minimum atomic E-state index is 0.696. The van der Waals surface area contributed by atoms with Crippen LogP contribution in [-0.2, 0) is 0 Å². The summed E-state index contributed by atoms with van der Waals surface area (Å²) in [4.78, 5) is 4.45. The van der Waals surface area contributed by atoms with Crippen LogP contribution >= 0.6 is 15.9 Å². The lowest BCUT2D eigenvalue weighted by atomic mass is 10.1. The molecule has 0 spiro atoms. The average molecular weight is 266 g/mol. The second-order valence-electron chi connectivity index (χ2n) is 3.54. The third kappa shape index (κ3) is 1.70. The van der Waals surface area contributed by atoms with E-state index in [-0.39, 0.29) is 0 Å². The van der Waals surface area contributed by atoms with Gasteiger partial charge in [0.25, 0.3) is 0 Å². The summed E-state index contributed by atoms with van der Waals surface area (Å²) in [7, 11) is 0. The van der Waals surface area contributed by atoms with Crippen LogP contribution in [0.3, 0.4) is 0 Å². The zero-order chi connectivity index (χ0) is 11.0. The number of nitrogens with two attached hydrogens (primary N) is 1. The highest BCUT2D eigenvalue weighted by Gasteiger charge is 2.06. The molecule has 3 N–H and O–H groups in total. The molecule has 0 saturated heterocycles. The predicted molar refractivity (Wildman–Crippen MR) is 66.7 cm³/mol. The van der Waals surface area contributed by atoms with E-state index in [1.54, 1.807) is 0 Å². The first-order valence-electron chi connectivity index (χ1n) is 4.66. The molecule has 0 bridgehead atoms. The molecule has 0 atom stereocenters. The fourth-order valence-corrected chi connectivity index (χ4v) is 1.97. The van der Waals surface area contributed by atoms with Crippen molar-refractivity contribution >= 4 is 32.7 Å². The molecule has 1 aromatic heterocycles. The third-order valence-electron chi connectivity index (χ3n) is 2.52. The Morgan fingerprint density at radius 3 is 2.73 bits per heavy atom. The highest BCUT2D eigenvalue weighted by Crippen LogP contribution is 2.27. The fraction of sp³-hybridized carbons (Fsp3) is 0.182. The number of benzene rings is 1. The molecule has 0 unspecified atom stereocenters. The van der Waals surface area contributed by atoms with Crippen LogP contribution in [0.4, 0.5) is 5.82 Å². The minimum absolute atomic E-state index is 0.696. The van der Waals surface area contributed by atoms with Gasteiger partial charge in [0.05, 0.1) is 5.52 Å². The molecule has 1 heterocycles. The van der Waals surface area contributed by atoms with Crippen molar-refractivity contribution in [1.82, 2.24) is 4.98 Å². The lowest BCUT2D eigenvalue weighted by Crippen LogP contribution is -2.09. The smallest absolute Gasteiger partial charge is 0.140 e. The molecule has 0 aliphatic rings. The van der Waals surface area contributed by atoms with Crippen molar-refractivity contribution in [3.63, 3.8) is 0 Å². The van der Waals surface area contributed by atoms with E-state index in [1.807, 2.05) is 19.1 Å². The van der Waals surface area contributed by atoms with Gasteiger partial charge in [-0.3, -0.25) is 0 Å². The number of fused-ring (bicyclic) bond motifs is 1. The van der Waals surface area contributed by atoms with E-state index >= 15 is 0 Å². The lowest BCUT2D eigenvalue weighted by molar-refractivity contribution is 1.24. The molecule has 1 aromatic carbocycles. The SMILES string of the molecule is Cc1cc(NN)nc2c(C)c(Br)ccc12. The van der Waals surface area contributed by atoms with Crippen molar-refractivity contribution in [1.29, 1.82) is 0 Å². The van der Waals surface area contributed by atoms with Gasteiger partial charge in [-0.1, -0.05) is 22.0 Å². The van der Waals surface area contributed by atoms with Gasteiger partial charge >= 0.3 is 0 Å². The second-order valence-corrected chi connectivity index (χ2v) is 4.39. The van der Waals surface area contributed by atoms with E-state index in [9.17, 15) is 0 Å². The third-order valence-corrected chi connectivity index (χ3v) is 3.38. The molecule has 0 amide bonds. The first-order valence-corrected chi connectivity index (χ1v) is 5.46. The van der Waals surface area contributed by atoms with Crippen LogP contribution in [0.5, 0.6) is 0 Å². The average Bonchev–Trinajstić information content (AvgIpc) is 2.23. The molecule has 0 saturated carbocycles. The number of anilines is 1. The van der Waals surface area contributed by atoms with Crippen molar-refractivity contribution in [2.75, 3.05) is 5.43 Å². The summed E-state index contributed by atoms with van der Waals surface area (Å²) in [5, 5.41) is 1.16. The molecule has 4 heteroatoms. The van der Waals surface area contributed by atoms with Crippen LogP contribution < -0.4 is 11.3 Å². The fourth-order valence-electron chi connectivity index (χ4n) is 1.65. The van der Waals surface area contributed by atoms with E-state index in [0.29, 0.717) is 5.82 Å². The number of hydrogen-bond donors (Lipinski definition) is 2. The van der Waals surface area contributed by atoms with E-state index in [1.165, 1.54) is 5.56 Å². The maximum Gasteiger partial charge on any atom is 0.140 e. The van der Waals surface area contributed by atoms with Crippen molar-refractivity contribution in [3.05, 3.63) is 33.8 Å². The largest absolute Gasteiger partial charge is 0.308 e. The van der Waals surface area contributed by atoms with Gasteiger partial charge in [-0.15, -0.1) is 0 Å². The predicted octanol–water partition coefficient (Wildman–Crippen LogP) is 2.90. The van der Waals surface area contributed by atoms with Gasteiger partial charge in [0.15, 0.2) is 0 Å². The van der Waals surface area contributed by atoms with Gasteiger partial charge < -0.3 is 5.43 Å². The number of rotatable bonds is 1. The Balaban J connectivity index is 2.86. The van der Waals surface area contributed by atoms with Crippen LogP contribution in [-0.4, -0.2) is 4.98 Å². The Bertz CT molecular complexity index is 523. The zero-order valence-corrected chi connectivity index (χ0v) is 10.2. The highest BCUT2D eigenvalue weighted by atomic mass is 79.9. The van der Waals surface area contributed by atoms with Crippen LogP contribution in [0, 0.1) is 13.8 Å². The minimum Gasteiger partial charge on any atom is -0.308 e. The molecule has 2 rings (SSSR count). The topological polar surface area (TPSA) is 50.9 Å². The van der Waals surface area contributed by atoms with E-state index in [4.69, 9.17) is 5.84 Å².